The van der Waals surface area contributed by atoms with Crippen LogP contribution in [0.1, 0.15) is 6.42 Å². The van der Waals surface area contributed by atoms with Gasteiger partial charge in [-0.2, -0.15) is 5.10 Å². The van der Waals surface area contributed by atoms with Crippen LogP contribution in [0, 0.1) is 0 Å². The predicted molar refractivity (Wildman–Crippen MR) is 55.1 cm³/mol. The maximum Gasteiger partial charge on any atom is 0.326 e. The van der Waals surface area contributed by atoms with Crippen LogP contribution in [0.4, 0.5) is 10.7 Å². The molecule has 0 bridgehead atoms. The van der Waals surface area contributed by atoms with Gasteiger partial charge in [0.2, 0.25) is 0 Å². The third-order valence-corrected chi connectivity index (χ3v) is 1.73. The Morgan fingerprint density at radius 1 is 1.41 bits per heavy atom. The van der Waals surface area contributed by atoms with E-state index in [1.807, 2.05) is 0 Å². The van der Waals surface area contributed by atoms with E-state index in [4.69, 9.17) is 10.2 Å². The van der Waals surface area contributed by atoms with Gasteiger partial charge in [-0.15, -0.1) is 5.10 Å². The van der Waals surface area contributed by atoms with E-state index < -0.39 is 18.0 Å². The number of anilines is 1. The van der Waals surface area contributed by atoms with Crippen LogP contribution in [0.15, 0.2) is 12.4 Å². The lowest BCUT2D eigenvalue weighted by Crippen LogP contribution is -2.43. The molecule has 1 heterocycles. The summed E-state index contributed by atoms with van der Waals surface area (Å²) in [5, 5.41) is 28.7. The summed E-state index contributed by atoms with van der Waals surface area (Å²) < 4.78 is 0. The first-order chi connectivity index (χ1) is 8.13. The topological polar surface area (TPSA) is 137 Å². The molecule has 1 aromatic heterocycles. The van der Waals surface area contributed by atoms with Crippen LogP contribution in [0.25, 0.3) is 0 Å². The van der Waals surface area contributed by atoms with Gasteiger partial charge in [0.25, 0.3) is 5.95 Å². The van der Waals surface area contributed by atoms with Gasteiger partial charge in [-0.25, -0.2) is 14.6 Å². The van der Waals surface area contributed by atoms with Crippen molar-refractivity contribution in [2.75, 3.05) is 11.9 Å². The molecular formula is C8H11N5O4. The first-order valence-electron chi connectivity index (χ1n) is 4.68. The van der Waals surface area contributed by atoms with Gasteiger partial charge in [0.15, 0.2) is 0 Å². The van der Waals surface area contributed by atoms with Gasteiger partial charge < -0.3 is 15.5 Å². The number of aliphatic hydroxyl groups is 1. The van der Waals surface area contributed by atoms with Crippen molar-refractivity contribution in [3.8, 4) is 0 Å². The summed E-state index contributed by atoms with van der Waals surface area (Å²) in [6.07, 6.45) is 2.57. The van der Waals surface area contributed by atoms with Gasteiger partial charge in [-0.05, 0) is 0 Å². The number of carboxylic acids is 1. The fourth-order valence-electron chi connectivity index (χ4n) is 0.987. The maximum atomic E-state index is 11.3. The van der Waals surface area contributed by atoms with Crippen molar-refractivity contribution in [3.05, 3.63) is 12.4 Å². The highest BCUT2D eigenvalue weighted by molar-refractivity contribution is 5.90. The van der Waals surface area contributed by atoms with Gasteiger partial charge >= 0.3 is 12.0 Å². The van der Waals surface area contributed by atoms with E-state index in [0.717, 1.165) is 0 Å². The molecule has 9 nitrogen and oxygen atoms in total. The third-order valence-electron chi connectivity index (χ3n) is 1.73. The Kier molecular flexibility index (Phi) is 4.76. The van der Waals surface area contributed by atoms with Crippen molar-refractivity contribution in [1.29, 1.82) is 0 Å². The Labute approximate surface area is 95.9 Å². The molecule has 0 aliphatic carbocycles. The number of nitrogens with zero attached hydrogens (tertiary/aromatic N) is 3. The highest BCUT2D eigenvalue weighted by Gasteiger charge is 2.19. The molecule has 2 amide bonds. The van der Waals surface area contributed by atoms with Crippen molar-refractivity contribution >= 4 is 17.9 Å². The first-order valence-corrected chi connectivity index (χ1v) is 4.68. The molecule has 0 spiro atoms. The smallest absolute Gasteiger partial charge is 0.326 e. The average molecular weight is 241 g/mol. The summed E-state index contributed by atoms with van der Waals surface area (Å²) in [6, 6.07) is -1.95. The number of urea groups is 1. The molecule has 9 heteroatoms. The van der Waals surface area contributed by atoms with Gasteiger partial charge in [-0.3, -0.25) is 5.32 Å². The van der Waals surface area contributed by atoms with E-state index in [2.05, 4.69) is 25.8 Å². The van der Waals surface area contributed by atoms with E-state index in [1.54, 1.807) is 0 Å². The molecule has 1 atom stereocenters. The van der Waals surface area contributed by atoms with Crippen molar-refractivity contribution < 1.29 is 19.8 Å². The number of carbonyl (C=O) groups excluding carboxylic acids is 1. The van der Waals surface area contributed by atoms with Crippen LogP contribution in [0.5, 0.6) is 0 Å². The zero-order valence-corrected chi connectivity index (χ0v) is 8.70. The monoisotopic (exact) mass is 241 g/mol. The molecule has 0 aliphatic rings. The summed E-state index contributed by atoms with van der Waals surface area (Å²) in [7, 11) is 0. The van der Waals surface area contributed by atoms with Crippen LogP contribution < -0.4 is 10.6 Å². The quantitative estimate of drug-likeness (QED) is 0.509. The van der Waals surface area contributed by atoms with Crippen molar-refractivity contribution in [1.82, 2.24) is 20.5 Å². The summed E-state index contributed by atoms with van der Waals surface area (Å²) in [5.41, 5.74) is 0. The number of rotatable bonds is 5. The molecule has 0 fully saturated rings. The number of hydrogen-bond acceptors (Lipinski definition) is 6. The van der Waals surface area contributed by atoms with Crippen molar-refractivity contribution in [2.24, 2.45) is 0 Å². The minimum atomic E-state index is -1.23. The molecule has 1 aromatic rings. The standard InChI is InChI=1S/C8H11N5O4/c14-4-1-5(6(15)16)11-8(17)12-7-9-2-3-10-13-7/h2-3,5,14H,1,4H2,(H,15,16)(H2,9,11,12,13,17)/t5-/m1/s1. The summed E-state index contributed by atoms with van der Waals surface area (Å²) in [5.74, 6) is -1.28. The Hall–Kier alpha value is -2.29. The fourth-order valence-corrected chi connectivity index (χ4v) is 0.987. The Bertz CT molecular complexity index is 385. The van der Waals surface area contributed by atoms with Crippen LogP contribution in [0.2, 0.25) is 0 Å². The van der Waals surface area contributed by atoms with Crippen molar-refractivity contribution in [3.63, 3.8) is 0 Å². The van der Waals surface area contributed by atoms with Crippen LogP contribution in [0.3, 0.4) is 0 Å². The molecule has 17 heavy (non-hydrogen) atoms. The average Bonchev–Trinajstić information content (AvgIpc) is 2.29. The molecule has 0 aliphatic heterocycles. The van der Waals surface area contributed by atoms with E-state index >= 15 is 0 Å². The van der Waals surface area contributed by atoms with E-state index in [1.165, 1.54) is 12.4 Å². The molecule has 1 rings (SSSR count). The number of carbonyl (C=O) groups is 2. The minimum Gasteiger partial charge on any atom is -0.480 e. The molecule has 4 N–H and O–H groups in total. The maximum absolute atomic E-state index is 11.3. The molecule has 0 saturated heterocycles. The summed E-state index contributed by atoms with van der Waals surface area (Å²) in [4.78, 5) is 25.7. The number of amides is 2. The number of aliphatic hydroxyl groups excluding tert-OH is 1. The van der Waals surface area contributed by atoms with Gasteiger partial charge in [-0.1, -0.05) is 0 Å². The number of carboxylic acid groups (broad SMARTS) is 1. The minimum absolute atomic E-state index is 0.0434. The second-order valence-corrected chi connectivity index (χ2v) is 2.97. The van der Waals surface area contributed by atoms with E-state index in [0.29, 0.717) is 0 Å². The second kappa shape index (κ2) is 6.33. The number of aromatic nitrogens is 3. The number of nitrogens with one attached hydrogen (secondary N) is 2. The lowest BCUT2D eigenvalue weighted by Gasteiger charge is -2.12. The lowest BCUT2D eigenvalue weighted by atomic mass is 10.2. The Morgan fingerprint density at radius 2 is 2.18 bits per heavy atom. The zero-order valence-electron chi connectivity index (χ0n) is 8.70. The lowest BCUT2D eigenvalue weighted by molar-refractivity contribution is -0.139. The normalized spacial score (nSPS) is 11.6. The SMILES string of the molecule is O=C(Nc1nccnn1)N[C@H](CCO)C(=O)O. The first kappa shape index (κ1) is 12.8. The van der Waals surface area contributed by atoms with Crippen LogP contribution in [-0.4, -0.2) is 50.0 Å². The zero-order chi connectivity index (χ0) is 12.7. The molecule has 92 valence electrons. The fraction of sp³-hybridized carbons (Fsp3) is 0.375. The molecule has 0 unspecified atom stereocenters. The largest absolute Gasteiger partial charge is 0.480 e. The second-order valence-electron chi connectivity index (χ2n) is 2.97. The van der Waals surface area contributed by atoms with Gasteiger partial charge in [0.1, 0.15) is 6.04 Å². The summed E-state index contributed by atoms with van der Waals surface area (Å²) >= 11 is 0. The Morgan fingerprint density at radius 3 is 2.71 bits per heavy atom. The number of hydrogen-bond donors (Lipinski definition) is 4. The summed E-state index contributed by atoms with van der Waals surface area (Å²) in [6.45, 7) is -0.347. The molecular weight excluding hydrogens is 230 g/mol. The molecule has 0 aromatic carbocycles. The van der Waals surface area contributed by atoms with Crippen molar-refractivity contribution in [2.45, 2.75) is 12.5 Å². The van der Waals surface area contributed by atoms with Gasteiger partial charge in [0, 0.05) is 13.0 Å². The van der Waals surface area contributed by atoms with Crippen LogP contribution in [-0.2, 0) is 4.79 Å². The van der Waals surface area contributed by atoms with E-state index in [-0.39, 0.29) is 19.0 Å². The van der Waals surface area contributed by atoms with Crippen LogP contribution >= 0.6 is 0 Å². The molecule has 0 radical (unpaired) electrons. The highest BCUT2D eigenvalue weighted by atomic mass is 16.4. The number of aliphatic carboxylic acids is 1. The predicted octanol–water partition coefficient (Wildman–Crippen LogP) is -1.17. The highest BCUT2D eigenvalue weighted by Crippen LogP contribution is 1.95. The molecule has 0 saturated carbocycles. The van der Waals surface area contributed by atoms with Gasteiger partial charge in [0.05, 0.1) is 12.4 Å². The van der Waals surface area contributed by atoms with E-state index in [9.17, 15) is 9.59 Å². The Balaban J connectivity index is 2.51. The third kappa shape index (κ3) is 4.38.